The third-order valence-electron chi connectivity index (χ3n) is 1.50. The van der Waals surface area contributed by atoms with Crippen molar-refractivity contribution in [3.63, 3.8) is 0 Å². The molecule has 1 atom stereocenters. The van der Waals surface area contributed by atoms with Gasteiger partial charge >= 0.3 is 0 Å². The van der Waals surface area contributed by atoms with Crippen molar-refractivity contribution < 1.29 is 9.00 Å². The van der Waals surface area contributed by atoms with Crippen LogP contribution in [0.15, 0.2) is 12.7 Å². The van der Waals surface area contributed by atoms with Crippen LogP contribution in [0, 0.1) is 0 Å². The summed E-state index contributed by atoms with van der Waals surface area (Å²) in [6.45, 7) is 5.05. The van der Waals surface area contributed by atoms with Crippen LogP contribution in [0.25, 0.3) is 0 Å². The van der Waals surface area contributed by atoms with E-state index in [-0.39, 0.29) is 5.91 Å². The van der Waals surface area contributed by atoms with Gasteiger partial charge in [-0.05, 0) is 6.42 Å². The largest absolute Gasteiger partial charge is 0.355 e. The zero-order valence-electron chi connectivity index (χ0n) is 8.54. The van der Waals surface area contributed by atoms with E-state index in [4.69, 9.17) is 0 Å². The number of amides is 1. The fourth-order valence-corrected chi connectivity index (χ4v) is 1.40. The van der Waals surface area contributed by atoms with Gasteiger partial charge in [0.2, 0.25) is 5.91 Å². The minimum Gasteiger partial charge on any atom is -0.355 e. The first-order valence-corrected chi connectivity index (χ1v) is 6.28. The first kappa shape index (κ1) is 13.3. The molecular weight excluding hydrogens is 200 g/mol. The highest BCUT2D eigenvalue weighted by molar-refractivity contribution is 7.84. The Morgan fingerprint density at radius 2 is 2.29 bits per heavy atom. The lowest BCUT2D eigenvalue weighted by molar-refractivity contribution is -0.120. The van der Waals surface area contributed by atoms with Crippen molar-refractivity contribution in [1.29, 1.82) is 0 Å². The Bertz CT molecular complexity index is 207. The van der Waals surface area contributed by atoms with Gasteiger partial charge < -0.3 is 10.6 Å². The molecule has 0 aliphatic carbocycles. The summed E-state index contributed by atoms with van der Waals surface area (Å²) in [5, 5.41) is 5.62. The van der Waals surface area contributed by atoms with Crippen molar-refractivity contribution in [1.82, 2.24) is 10.6 Å². The summed E-state index contributed by atoms with van der Waals surface area (Å²) < 4.78 is 10.7. The van der Waals surface area contributed by atoms with Crippen molar-refractivity contribution in [3.05, 3.63) is 12.7 Å². The quantitative estimate of drug-likeness (QED) is 0.432. The molecule has 0 saturated carbocycles. The molecule has 0 aromatic rings. The van der Waals surface area contributed by atoms with E-state index in [1.807, 2.05) is 0 Å². The molecule has 1 amide bonds. The number of hydrogen-bond donors (Lipinski definition) is 2. The molecule has 1 unspecified atom stereocenters. The molecule has 0 rings (SSSR count). The molecule has 0 bridgehead atoms. The van der Waals surface area contributed by atoms with Crippen LogP contribution in [-0.4, -0.2) is 41.8 Å². The lowest BCUT2D eigenvalue weighted by Gasteiger charge is -2.04. The zero-order chi connectivity index (χ0) is 10.8. The smallest absolute Gasteiger partial charge is 0.233 e. The predicted molar refractivity (Wildman–Crippen MR) is 59.6 cm³/mol. The summed E-state index contributed by atoms with van der Waals surface area (Å²) in [6, 6.07) is 0. The van der Waals surface area contributed by atoms with E-state index < -0.39 is 10.8 Å². The van der Waals surface area contributed by atoms with Gasteiger partial charge in [-0.3, -0.25) is 9.00 Å². The average molecular weight is 218 g/mol. The van der Waals surface area contributed by atoms with E-state index in [2.05, 4.69) is 17.2 Å². The van der Waals surface area contributed by atoms with Crippen LogP contribution in [-0.2, 0) is 15.6 Å². The predicted octanol–water partition coefficient (Wildman–Crippen LogP) is -0.353. The van der Waals surface area contributed by atoms with E-state index in [0.29, 0.717) is 25.4 Å². The number of rotatable bonds is 8. The van der Waals surface area contributed by atoms with Gasteiger partial charge in [0.15, 0.2) is 0 Å². The summed E-state index contributed by atoms with van der Waals surface area (Å²) in [7, 11) is -0.767. The van der Waals surface area contributed by atoms with Gasteiger partial charge in [0.25, 0.3) is 0 Å². The Hall–Kier alpha value is -0.680. The summed E-state index contributed by atoms with van der Waals surface area (Å²) in [6.07, 6.45) is 4.12. The van der Waals surface area contributed by atoms with Crippen molar-refractivity contribution >= 4 is 16.7 Å². The lowest BCUT2D eigenvalue weighted by atomic mass is 10.4. The van der Waals surface area contributed by atoms with Crippen molar-refractivity contribution in [2.75, 3.05) is 31.6 Å². The molecule has 14 heavy (non-hydrogen) atoms. The molecule has 0 heterocycles. The molecule has 82 valence electrons. The number of nitrogens with one attached hydrogen (secondary N) is 2. The van der Waals surface area contributed by atoms with E-state index >= 15 is 0 Å². The van der Waals surface area contributed by atoms with Crippen LogP contribution in [0.2, 0.25) is 0 Å². The second-order valence-corrected chi connectivity index (χ2v) is 4.46. The minimum atomic E-state index is -0.767. The minimum absolute atomic E-state index is 0.0336. The van der Waals surface area contributed by atoms with Gasteiger partial charge in [0.1, 0.15) is 0 Å². The molecule has 0 aliphatic rings. The van der Waals surface area contributed by atoms with Gasteiger partial charge in [-0.25, -0.2) is 0 Å². The zero-order valence-corrected chi connectivity index (χ0v) is 9.36. The second kappa shape index (κ2) is 8.90. The number of carbonyl (C=O) groups excluding carboxylic acids is 1. The van der Waals surface area contributed by atoms with Crippen LogP contribution >= 0.6 is 0 Å². The van der Waals surface area contributed by atoms with E-state index in [1.54, 1.807) is 12.3 Å². The van der Waals surface area contributed by atoms with Gasteiger partial charge in [0.05, 0.1) is 6.54 Å². The van der Waals surface area contributed by atoms with E-state index in [0.717, 1.165) is 6.42 Å². The highest BCUT2D eigenvalue weighted by Gasteiger charge is 1.98. The Morgan fingerprint density at radius 1 is 1.57 bits per heavy atom. The molecule has 4 nitrogen and oxygen atoms in total. The molecular formula is C9H18N2O2S. The normalized spacial score (nSPS) is 12.1. The second-order valence-electron chi connectivity index (χ2n) is 2.90. The summed E-state index contributed by atoms with van der Waals surface area (Å²) in [5.74, 6) is 0.606. The van der Waals surface area contributed by atoms with Gasteiger partial charge in [-0.2, -0.15) is 0 Å². The van der Waals surface area contributed by atoms with Crippen LogP contribution in [0.1, 0.15) is 6.42 Å². The Kier molecular flexibility index (Phi) is 8.47. The van der Waals surface area contributed by atoms with Gasteiger partial charge in [0, 0.05) is 35.9 Å². The monoisotopic (exact) mass is 218 g/mol. The Morgan fingerprint density at radius 3 is 2.86 bits per heavy atom. The summed E-state index contributed by atoms with van der Waals surface area (Å²) >= 11 is 0. The highest BCUT2D eigenvalue weighted by Crippen LogP contribution is 1.81. The maximum atomic E-state index is 11.1. The number of carbonyl (C=O) groups is 1. The molecule has 0 radical (unpaired) electrons. The van der Waals surface area contributed by atoms with Gasteiger partial charge in [-0.15, -0.1) is 6.58 Å². The van der Waals surface area contributed by atoms with Gasteiger partial charge in [-0.1, -0.05) is 6.08 Å². The SMILES string of the molecule is C=CCNCC(=O)NCCCS(C)=O. The number of hydrogen-bond acceptors (Lipinski definition) is 3. The fraction of sp³-hybridized carbons (Fsp3) is 0.667. The third-order valence-corrected chi connectivity index (χ3v) is 2.37. The first-order chi connectivity index (χ1) is 6.66. The molecule has 5 heteroatoms. The molecule has 0 aliphatic heterocycles. The van der Waals surface area contributed by atoms with Crippen LogP contribution < -0.4 is 10.6 Å². The van der Waals surface area contributed by atoms with Crippen molar-refractivity contribution in [2.24, 2.45) is 0 Å². The maximum absolute atomic E-state index is 11.1. The Labute approximate surface area is 87.6 Å². The molecule has 0 aromatic carbocycles. The Balaban J connectivity index is 3.26. The highest BCUT2D eigenvalue weighted by atomic mass is 32.2. The van der Waals surface area contributed by atoms with E-state index in [9.17, 15) is 9.00 Å². The van der Waals surface area contributed by atoms with E-state index in [1.165, 1.54) is 0 Å². The molecule has 0 spiro atoms. The molecule has 2 N–H and O–H groups in total. The topological polar surface area (TPSA) is 58.2 Å². The van der Waals surface area contributed by atoms with Crippen molar-refractivity contribution in [2.45, 2.75) is 6.42 Å². The summed E-state index contributed by atoms with van der Waals surface area (Å²) in [4.78, 5) is 11.1. The van der Waals surface area contributed by atoms with Crippen LogP contribution in [0.4, 0.5) is 0 Å². The average Bonchev–Trinajstić information content (AvgIpc) is 2.13. The van der Waals surface area contributed by atoms with Crippen molar-refractivity contribution in [3.8, 4) is 0 Å². The molecule has 0 saturated heterocycles. The lowest BCUT2D eigenvalue weighted by Crippen LogP contribution is -2.34. The summed E-state index contributed by atoms with van der Waals surface area (Å²) in [5.41, 5.74) is 0. The first-order valence-electron chi connectivity index (χ1n) is 4.55. The van der Waals surface area contributed by atoms with Crippen LogP contribution in [0.3, 0.4) is 0 Å². The van der Waals surface area contributed by atoms with Crippen LogP contribution in [0.5, 0.6) is 0 Å². The fourth-order valence-electron chi connectivity index (χ4n) is 0.854. The maximum Gasteiger partial charge on any atom is 0.233 e. The molecule has 0 aromatic heterocycles. The third kappa shape index (κ3) is 9.41. The molecule has 0 fully saturated rings. The standard InChI is InChI=1S/C9H18N2O2S/c1-3-5-10-8-9(12)11-6-4-7-14(2)13/h3,10H,1,4-8H2,2H3,(H,11,12).